The molecule has 31 heavy (non-hydrogen) atoms. The van der Waals surface area contributed by atoms with Crippen LogP contribution in [0.15, 0.2) is 35.5 Å². The van der Waals surface area contributed by atoms with Crippen molar-refractivity contribution in [3.8, 4) is 0 Å². The first-order chi connectivity index (χ1) is 13.7. The van der Waals surface area contributed by atoms with Crippen LogP contribution in [0.2, 0.25) is 0 Å². The van der Waals surface area contributed by atoms with E-state index in [0.717, 1.165) is 24.7 Å². The maximum Gasteiger partial charge on any atom is 4.00 e. The van der Waals surface area contributed by atoms with Crippen LogP contribution < -0.4 is 0 Å². The van der Waals surface area contributed by atoms with Gasteiger partial charge < -0.3 is 9.11 Å². The first-order valence-corrected chi connectivity index (χ1v) is 13.7. The molecular formula is C22H36O6S2Zr. The van der Waals surface area contributed by atoms with E-state index in [1.807, 2.05) is 0 Å². The van der Waals surface area contributed by atoms with E-state index in [4.69, 9.17) is 25.9 Å². The quantitative estimate of drug-likeness (QED) is 0.353. The summed E-state index contributed by atoms with van der Waals surface area (Å²) in [4.78, 5) is 0. The summed E-state index contributed by atoms with van der Waals surface area (Å²) in [7, 11) is -7.83. The number of allylic oxidation sites excluding steroid dienone is 8. The van der Waals surface area contributed by atoms with Crippen molar-refractivity contribution >= 4 is 20.2 Å². The molecule has 0 saturated heterocycles. The summed E-state index contributed by atoms with van der Waals surface area (Å²) in [6.07, 6.45) is 23.9. The van der Waals surface area contributed by atoms with Crippen LogP contribution >= 0.6 is 0 Å². The Balaban J connectivity index is -0.000000353. The third kappa shape index (κ3) is 29.7. The van der Waals surface area contributed by atoms with Crippen molar-refractivity contribution < 1.29 is 52.1 Å². The van der Waals surface area contributed by atoms with Crippen molar-refractivity contribution in [2.45, 2.75) is 66.2 Å². The molecule has 0 aromatic rings. The molecule has 0 spiro atoms. The van der Waals surface area contributed by atoms with Crippen LogP contribution in [0.3, 0.4) is 0 Å². The van der Waals surface area contributed by atoms with E-state index < -0.39 is 20.2 Å². The molecule has 2 atom stereocenters. The van der Waals surface area contributed by atoms with Crippen molar-refractivity contribution in [1.29, 1.82) is 0 Å². The van der Waals surface area contributed by atoms with Crippen LogP contribution in [0.1, 0.15) is 66.2 Å². The second-order valence-electron chi connectivity index (χ2n) is 7.26. The molecule has 2 unspecified atom stereocenters. The van der Waals surface area contributed by atoms with E-state index in [-0.39, 0.29) is 26.2 Å². The molecule has 0 N–H and O–H groups in total. The first kappa shape index (κ1) is 35.3. The van der Waals surface area contributed by atoms with Gasteiger partial charge in [-0.3, -0.25) is 12.2 Å². The normalized spacial score (nSPS) is 16.1. The van der Waals surface area contributed by atoms with E-state index in [1.54, 1.807) is 0 Å². The first-order valence-electron chi connectivity index (χ1n) is 10.0. The van der Waals surface area contributed by atoms with E-state index in [2.05, 4.69) is 64.2 Å². The summed E-state index contributed by atoms with van der Waals surface area (Å²) in [6.45, 7) is 9.02. The van der Waals surface area contributed by atoms with Crippen LogP contribution in [-0.4, -0.2) is 38.5 Å². The Labute approximate surface area is 209 Å². The van der Waals surface area contributed by atoms with Gasteiger partial charge in [0.1, 0.15) is 0 Å². The van der Waals surface area contributed by atoms with E-state index >= 15 is 0 Å². The van der Waals surface area contributed by atoms with Crippen LogP contribution in [0.25, 0.3) is 0 Å². The smallest absolute Gasteiger partial charge is 0.748 e. The third-order valence-electron chi connectivity index (χ3n) is 3.95. The van der Waals surface area contributed by atoms with Crippen molar-refractivity contribution in [3.63, 3.8) is 0 Å². The minimum atomic E-state index is -3.92. The third-order valence-corrected chi connectivity index (χ3v) is 3.95. The minimum Gasteiger partial charge on any atom is -0.748 e. The zero-order valence-corrected chi connectivity index (χ0v) is 23.6. The van der Waals surface area contributed by atoms with Gasteiger partial charge in [-0.2, -0.15) is 12.2 Å². The van der Waals surface area contributed by atoms with E-state index in [9.17, 15) is 0 Å². The zero-order chi connectivity index (χ0) is 23.8. The topological polar surface area (TPSA) is 114 Å². The summed E-state index contributed by atoms with van der Waals surface area (Å²) >= 11 is 0. The van der Waals surface area contributed by atoms with Crippen LogP contribution in [-0.2, 0) is 46.4 Å². The maximum atomic E-state index is 9.08. The van der Waals surface area contributed by atoms with Gasteiger partial charge in [0.25, 0.3) is 0 Å². The molecule has 0 aromatic heterocycles. The summed E-state index contributed by atoms with van der Waals surface area (Å²) in [6, 6.07) is 0. The fourth-order valence-electron chi connectivity index (χ4n) is 2.70. The average molecular weight is 552 g/mol. The molecule has 2 aliphatic carbocycles. The van der Waals surface area contributed by atoms with Crippen molar-refractivity contribution in [3.05, 3.63) is 47.6 Å². The van der Waals surface area contributed by atoms with Gasteiger partial charge in [0.05, 0.1) is 20.2 Å². The molecular weight excluding hydrogens is 516 g/mol. The monoisotopic (exact) mass is 550 g/mol. The van der Waals surface area contributed by atoms with Crippen molar-refractivity contribution in [2.24, 2.45) is 11.8 Å². The standard InChI is InChI=1S/2C10H15.2CH4O3S.Zr/c2*1-3-6-9(2)10-7-4-5-8-10;2*1-5(2,3)4;/h2*4,7,9H,3,5-6H2,1-2H3;2*1H3,(H,2,3,4);/q2*-1;;;+4/p-2. The zero-order valence-electron chi connectivity index (χ0n) is 19.5. The molecule has 0 bridgehead atoms. The van der Waals surface area contributed by atoms with E-state index in [0.29, 0.717) is 12.5 Å². The molecule has 0 aliphatic heterocycles. The minimum absolute atomic E-state index is 0. The Morgan fingerprint density at radius 3 is 1.23 bits per heavy atom. The molecule has 0 radical (unpaired) electrons. The van der Waals surface area contributed by atoms with Crippen molar-refractivity contribution in [1.82, 2.24) is 0 Å². The molecule has 0 fully saturated rings. The average Bonchev–Trinajstić information content (AvgIpc) is 3.27. The largest absolute Gasteiger partial charge is 4.00 e. The van der Waals surface area contributed by atoms with Crippen LogP contribution in [0, 0.1) is 24.0 Å². The van der Waals surface area contributed by atoms with Crippen LogP contribution in [0.4, 0.5) is 0 Å². The van der Waals surface area contributed by atoms with Gasteiger partial charge in [0.15, 0.2) is 0 Å². The van der Waals surface area contributed by atoms with Gasteiger partial charge in [-0.05, 0) is 12.8 Å². The summed E-state index contributed by atoms with van der Waals surface area (Å²) in [5, 5.41) is 0. The summed E-state index contributed by atoms with van der Waals surface area (Å²) < 4.78 is 54.5. The summed E-state index contributed by atoms with van der Waals surface area (Å²) in [5.74, 6) is 1.45. The predicted molar refractivity (Wildman–Crippen MR) is 120 cm³/mol. The second kappa shape index (κ2) is 19.2. The Morgan fingerprint density at radius 2 is 1.06 bits per heavy atom. The molecule has 0 amide bonds. The van der Waals surface area contributed by atoms with Gasteiger partial charge in [0, 0.05) is 12.5 Å². The molecule has 2 rings (SSSR count). The molecule has 0 aromatic carbocycles. The number of hydrogen-bond acceptors (Lipinski definition) is 6. The van der Waals surface area contributed by atoms with Gasteiger partial charge in [-0.25, -0.2) is 40.1 Å². The Hall–Kier alpha value is -0.337. The fourth-order valence-corrected chi connectivity index (χ4v) is 2.70. The van der Waals surface area contributed by atoms with Gasteiger partial charge in [0.2, 0.25) is 0 Å². The fraction of sp³-hybridized carbons (Fsp3) is 0.636. The van der Waals surface area contributed by atoms with Gasteiger partial charge in [-0.15, -0.1) is 12.8 Å². The molecule has 6 nitrogen and oxygen atoms in total. The Bertz CT molecular complexity index is 710. The number of rotatable bonds is 6. The number of hydrogen-bond donors (Lipinski definition) is 0. The van der Waals surface area contributed by atoms with E-state index in [1.165, 1.54) is 36.8 Å². The Morgan fingerprint density at radius 1 is 0.806 bits per heavy atom. The maximum absolute atomic E-state index is 9.08. The molecule has 0 saturated carbocycles. The Kier molecular flexibility index (Phi) is 21.8. The molecule has 176 valence electrons. The van der Waals surface area contributed by atoms with Crippen molar-refractivity contribution in [2.75, 3.05) is 12.5 Å². The second-order valence-corrected chi connectivity index (χ2v) is 10.1. The predicted octanol–water partition coefficient (Wildman–Crippen LogP) is 4.54. The van der Waals surface area contributed by atoms with Gasteiger partial charge in [-0.1, -0.05) is 52.4 Å². The molecule has 2 aliphatic rings. The SMILES string of the molecule is CCCC(C)C1=[C-]CC=C1.CCCC(C)C1=[C-]CC=C1.CS(=O)(=O)[O-].CS(=O)(=O)[O-].[Zr+4]. The van der Waals surface area contributed by atoms with Gasteiger partial charge >= 0.3 is 26.2 Å². The van der Waals surface area contributed by atoms with Crippen LogP contribution in [0.5, 0.6) is 0 Å². The summed E-state index contributed by atoms with van der Waals surface area (Å²) in [5.41, 5.74) is 2.84. The molecule has 9 heteroatoms. The molecule has 0 heterocycles.